The topological polar surface area (TPSA) is 52.7 Å². The van der Waals surface area contributed by atoms with E-state index in [-0.39, 0.29) is 0 Å². The number of rotatable bonds is 5. The largest absolute Gasteiger partial charge is 0.349 e. The Bertz CT molecular complexity index is 252. The second kappa shape index (κ2) is 5.88. The summed E-state index contributed by atoms with van der Waals surface area (Å²) in [5.74, 6) is 1.10. The number of hydrogen-bond acceptors (Lipinski definition) is 3. The minimum Gasteiger partial charge on any atom is -0.349 e. The van der Waals surface area contributed by atoms with Gasteiger partial charge >= 0.3 is 0 Å². The van der Waals surface area contributed by atoms with E-state index >= 15 is 0 Å². The van der Waals surface area contributed by atoms with Crippen LogP contribution in [0.2, 0.25) is 0 Å². The molecule has 0 aliphatic carbocycles. The maximum Gasteiger partial charge on any atom is 0.106 e. The Morgan fingerprint density at radius 2 is 2.27 bits per heavy atom. The number of nitrogens with zero attached hydrogens (tertiary/aromatic N) is 1. The van der Waals surface area contributed by atoms with E-state index in [1.165, 1.54) is 12.8 Å². The molecule has 2 heterocycles. The zero-order valence-electron chi connectivity index (χ0n) is 9.13. The van der Waals surface area contributed by atoms with Gasteiger partial charge in [-0.1, -0.05) is 0 Å². The van der Waals surface area contributed by atoms with Gasteiger partial charge in [0, 0.05) is 24.9 Å². The Morgan fingerprint density at radius 3 is 3.00 bits per heavy atom. The minimum absolute atomic E-state index is 0.725. The van der Waals surface area contributed by atoms with Crippen molar-refractivity contribution in [2.24, 2.45) is 0 Å². The molecule has 84 valence electrons. The van der Waals surface area contributed by atoms with Gasteiger partial charge in [0.25, 0.3) is 0 Å². The lowest BCUT2D eigenvalue weighted by Gasteiger charge is -2.23. The summed E-state index contributed by atoms with van der Waals surface area (Å²) in [6.07, 6.45) is 8.44. The molecule has 1 aromatic rings. The lowest BCUT2D eigenvalue weighted by atomic mass is 10.1. The molecule has 2 rings (SSSR count). The maximum atomic E-state index is 4.21. The van der Waals surface area contributed by atoms with E-state index in [1.807, 2.05) is 12.4 Å². The van der Waals surface area contributed by atoms with Gasteiger partial charge in [-0.05, 0) is 38.9 Å². The van der Waals surface area contributed by atoms with Crippen LogP contribution >= 0.6 is 0 Å². The molecule has 0 unspecified atom stereocenters. The van der Waals surface area contributed by atoms with Gasteiger partial charge in [-0.25, -0.2) is 4.98 Å². The van der Waals surface area contributed by atoms with Crippen molar-refractivity contribution in [1.29, 1.82) is 0 Å². The van der Waals surface area contributed by atoms with Crippen molar-refractivity contribution in [2.45, 2.75) is 31.7 Å². The van der Waals surface area contributed by atoms with Gasteiger partial charge in [0.2, 0.25) is 0 Å². The normalized spacial score (nSPS) is 18.1. The van der Waals surface area contributed by atoms with Crippen LogP contribution in [0.3, 0.4) is 0 Å². The second-order valence-electron chi connectivity index (χ2n) is 4.12. The molecule has 1 fully saturated rings. The number of imidazole rings is 1. The fourth-order valence-corrected chi connectivity index (χ4v) is 2.02. The highest BCUT2D eigenvalue weighted by atomic mass is 15.0. The minimum atomic E-state index is 0.725. The van der Waals surface area contributed by atoms with Crippen molar-refractivity contribution >= 4 is 0 Å². The van der Waals surface area contributed by atoms with Crippen molar-refractivity contribution in [3.63, 3.8) is 0 Å². The first-order valence-electron chi connectivity index (χ1n) is 5.87. The Kier molecular flexibility index (Phi) is 4.17. The standard InChI is InChI=1S/C11H20N4/c1(2-11-14-8-9-15-11)5-13-10-3-6-12-7-4-10/h8-10,12-13H,1-7H2,(H,14,15). The molecule has 1 aliphatic heterocycles. The van der Waals surface area contributed by atoms with Crippen LogP contribution in [0.4, 0.5) is 0 Å². The summed E-state index contributed by atoms with van der Waals surface area (Å²) in [6, 6.07) is 0.725. The highest BCUT2D eigenvalue weighted by Gasteiger charge is 2.11. The van der Waals surface area contributed by atoms with Gasteiger partial charge in [-0.15, -0.1) is 0 Å². The maximum absolute atomic E-state index is 4.21. The Morgan fingerprint density at radius 1 is 1.40 bits per heavy atom. The smallest absolute Gasteiger partial charge is 0.106 e. The molecule has 0 spiro atoms. The van der Waals surface area contributed by atoms with Gasteiger partial charge in [-0.2, -0.15) is 0 Å². The zero-order valence-corrected chi connectivity index (χ0v) is 9.13. The lowest BCUT2D eigenvalue weighted by molar-refractivity contribution is 0.386. The predicted molar refractivity (Wildman–Crippen MR) is 60.8 cm³/mol. The summed E-state index contributed by atoms with van der Waals surface area (Å²) in [5, 5.41) is 6.97. The molecular formula is C11H20N4. The van der Waals surface area contributed by atoms with Crippen LogP contribution in [0.5, 0.6) is 0 Å². The summed E-state index contributed by atoms with van der Waals surface area (Å²) in [6.45, 7) is 3.43. The summed E-state index contributed by atoms with van der Waals surface area (Å²) in [4.78, 5) is 7.33. The van der Waals surface area contributed by atoms with E-state index in [1.54, 1.807) is 0 Å². The van der Waals surface area contributed by atoms with E-state index in [0.29, 0.717) is 0 Å². The predicted octanol–water partition coefficient (Wildman–Crippen LogP) is 0.684. The SMILES string of the molecule is c1c[nH]c(CCCNC2CCNCC2)n1. The van der Waals surface area contributed by atoms with Crippen LogP contribution < -0.4 is 10.6 Å². The molecule has 0 atom stereocenters. The van der Waals surface area contributed by atoms with Gasteiger partial charge in [-0.3, -0.25) is 0 Å². The first-order chi connectivity index (χ1) is 7.45. The van der Waals surface area contributed by atoms with Crippen molar-refractivity contribution in [2.75, 3.05) is 19.6 Å². The van der Waals surface area contributed by atoms with E-state index in [4.69, 9.17) is 0 Å². The monoisotopic (exact) mass is 208 g/mol. The molecule has 15 heavy (non-hydrogen) atoms. The van der Waals surface area contributed by atoms with Crippen LogP contribution in [0.1, 0.15) is 25.1 Å². The highest BCUT2D eigenvalue weighted by Crippen LogP contribution is 2.02. The van der Waals surface area contributed by atoms with Gasteiger partial charge < -0.3 is 15.6 Å². The quantitative estimate of drug-likeness (QED) is 0.624. The summed E-state index contributed by atoms with van der Waals surface area (Å²) >= 11 is 0. The second-order valence-corrected chi connectivity index (χ2v) is 4.12. The third-order valence-electron chi connectivity index (χ3n) is 2.92. The van der Waals surface area contributed by atoms with Crippen LogP contribution in [0.25, 0.3) is 0 Å². The van der Waals surface area contributed by atoms with Gasteiger partial charge in [0.1, 0.15) is 5.82 Å². The zero-order chi connectivity index (χ0) is 10.3. The van der Waals surface area contributed by atoms with Crippen LogP contribution in [0, 0.1) is 0 Å². The molecule has 0 radical (unpaired) electrons. The number of aromatic nitrogens is 2. The average molecular weight is 208 g/mol. The number of aromatic amines is 1. The van der Waals surface area contributed by atoms with Gasteiger partial charge in [0.15, 0.2) is 0 Å². The molecule has 0 bridgehead atoms. The Balaban J connectivity index is 1.54. The number of H-pyrrole nitrogens is 1. The first kappa shape index (κ1) is 10.6. The molecule has 1 aliphatic rings. The third-order valence-corrected chi connectivity index (χ3v) is 2.92. The molecule has 0 saturated carbocycles. The first-order valence-corrected chi connectivity index (χ1v) is 5.87. The van der Waals surface area contributed by atoms with Crippen LogP contribution in [-0.4, -0.2) is 35.6 Å². The molecular weight excluding hydrogens is 188 g/mol. The van der Waals surface area contributed by atoms with E-state index in [2.05, 4.69) is 20.6 Å². The van der Waals surface area contributed by atoms with E-state index in [9.17, 15) is 0 Å². The summed E-state index contributed by atoms with van der Waals surface area (Å²) in [5.41, 5.74) is 0. The Labute approximate surface area is 90.9 Å². The van der Waals surface area contributed by atoms with E-state index in [0.717, 1.165) is 44.3 Å². The Hall–Kier alpha value is -0.870. The summed E-state index contributed by atoms with van der Waals surface area (Å²) in [7, 11) is 0. The third kappa shape index (κ3) is 3.64. The van der Waals surface area contributed by atoms with Crippen LogP contribution in [-0.2, 0) is 6.42 Å². The molecule has 4 nitrogen and oxygen atoms in total. The highest BCUT2D eigenvalue weighted by molar-refractivity contribution is 4.87. The fourth-order valence-electron chi connectivity index (χ4n) is 2.02. The number of aryl methyl sites for hydroxylation is 1. The molecule has 0 aromatic carbocycles. The number of hydrogen-bond donors (Lipinski definition) is 3. The molecule has 4 heteroatoms. The molecule has 0 amide bonds. The molecule has 3 N–H and O–H groups in total. The van der Waals surface area contributed by atoms with Crippen molar-refractivity contribution < 1.29 is 0 Å². The molecule has 1 aromatic heterocycles. The molecule has 1 saturated heterocycles. The van der Waals surface area contributed by atoms with Gasteiger partial charge in [0.05, 0.1) is 0 Å². The van der Waals surface area contributed by atoms with Crippen molar-refractivity contribution in [3.8, 4) is 0 Å². The van der Waals surface area contributed by atoms with Crippen LogP contribution in [0.15, 0.2) is 12.4 Å². The van der Waals surface area contributed by atoms with Crippen molar-refractivity contribution in [3.05, 3.63) is 18.2 Å². The fraction of sp³-hybridized carbons (Fsp3) is 0.727. The number of piperidine rings is 1. The van der Waals surface area contributed by atoms with Crippen molar-refractivity contribution in [1.82, 2.24) is 20.6 Å². The van der Waals surface area contributed by atoms with E-state index < -0.39 is 0 Å². The average Bonchev–Trinajstić information content (AvgIpc) is 2.79. The number of nitrogens with one attached hydrogen (secondary N) is 3. The summed E-state index contributed by atoms with van der Waals surface area (Å²) < 4.78 is 0. The lowest BCUT2D eigenvalue weighted by Crippen LogP contribution is -2.40.